The lowest BCUT2D eigenvalue weighted by molar-refractivity contribution is 0.0256. The molecule has 0 saturated heterocycles. The van der Waals surface area contributed by atoms with Crippen molar-refractivity contribution in [2.45, 2.75) is 30.4 Å². The van der Waals surface area contributed by atoms with Crippen molar-refractivity contribution in [2.24, 2.45) is 0 Å². The molecule has 4 heteroatoms. The smallest absolute Gasteiger partial charge is 0.136 e. The summed E-state index contributed by atoms with van der Waals surface area (Å²) >= 11 is 4.99. The van der Waals surface area contributed by atoms with Crippen LogP contribution in [-0.2, 0) is 0 Å². The van der Waals surface area contributed by atoms with Crippen LogP contribution in [0, 0.1) is 0 Å². The minimum Gasteiger partial charge on any atom is -0.485 e. The molecule has 1 N–H and O–H groups in total. The highest BCUT2D eigenvalue weighted by Gasteiger charge is 2.42. The molecule has 1 aliphatic rings. The van der Waals surface area contributed by atoms with E-state index in [2.05, 4.69) is 15.9 Å². The van der Waals surface area contributed by atoms with E-state index in [0.29, 0.717) is 0 Å². The Kier molecular flexibility index (Phi) is 2.17. The second-order valence-electron chi connectivity index (χ2n) is 3.70. The van der Waals surface area contributed by atoms with Crippen molar-refractivity contribution in [3.05, 3.63) is 16.3 Å². The van der Waals surface area contributed by atoms with Crippen LogP contribution in [0.15, 0.2) is 11.4 Å². The summed E-state index contributed by atoms with van der Waals surface area (Å²) < 4.78 is 5.75. The molecule has 1 aromatic rings. The van der Waals surface area contributed by atoms with Gasteiger partial charge in [0.2, 0.25) is 0 Å². The Morgan fingerprint density at radius 3 is 3.00 bits per heavy atom. The van der Waals surface area contributed by atoms with Gasteiger partial charge in [0.05, 0.1) is 9.70 Å². The monoisotopic (exact) mass is 262 g/mol. The first-order chi connectivity index (χ1) is 6.02. The van der Waals surface area contributed by atoms with Crippen LogP contribution in [0.4, 0.5) is 0 Å². The zero-order chi connectivity index (χ0) is 9.64. The molecule has 1 aliphatic heterocycles. The van der Waals surface area contributed by atoms with Gasteiger partial charge in [-0.05, 0) is 25.3 Å². The number of fused-ring (bicyclic) bond motifs is 1. The molecule has 2 rings (SSSR count). The van der Waals surface area contributed by atoms with E-state index in [0.717, 1.165) is 10.6 Å². The maximum absolute atomic E-state index is 9.94. The third kappa shape index (κ3) is 1.41. The topological polar surface area (TPSA) is 29.5 Å². The standard InChI is InChI=1S/C9H11BrO2S/c1-9(2)8(10)6(11)7-5(12-9)3-4-13-7/h3-4,6,8,11H,1-2H3/t6-,8+/m0/s1. The Morgan fingerprint density at radius 1 is 1.62 bits per heavy atom. The van der Waals surface area contributed by atoms with Gasteiger partial charge in [-0.1, -0.05) is 15.9 Å². The summed E-state index contributed by atoms with van der Waals surface area (Å²) in [6.45, 7) is 3.94. The van der Waals surface area contributed by atoms with E-state index in [1.807, 2.05) is 25.3 Å². The Labute approximate surface area is 89.7 Å². The number of hydrogen-bond acceptors (Lipinski definition) is 3. The van der Waals surface area contributed by atoms with Gasteiger partial charge < -0.3 is 9.84 Å². The predicted molar refractivity (Wildman–Crippen MR) is 56.7 cm³/mol. The van der Waals surface area contributed by atoms with E-state index in [9.17, 15) is 5.11 Å². The number of thiophene rings is 1. The van der Waals surface area contributed by atoms with E-state index >= 15 is 0 Å². The minimum atomic E-state index is -0.459. The summed E-state index contributed by atoms with van der Waals surface area (Å²) in [7, 11) is 0. The molecule has 0 amide bonds. The van der Waals surface area contributed by atoms with Gasteiger partial charge in [0.25, 0.3) is 0 Å². The first kappa shape index (κ1) is 9.49. The number of alkyl halides is 1. The largest absolute Gasteiger partial charge is 0.485 e. The predicted octanol–water partition coefficient (Wildman–Crippen LogP) is 2.72. The Morgan fingerprint density at radius 2 is 2.31 bits per heavy atom. The Bertz CT molecular complexity index is 321. The molecule has 0 spiro atoms. The molecule has 13 heavy (non-hydrogen) atoms. The van der Waals surface area contributed by atoms with E-state index < -0.39 is 6.10 Å². The maximum Gasteiger partial charge on any atom is 0.136 e. The van der Waals surface area contributed by atoms with Gasteiger partial charge in [0, 0.05) is 0 Å². The van der Waals surface area contributed by atoms with Crippen LogP contribution >= 0.6 is 27.3 Å². The van der Waals surface area contributed by atoms with E-state index in [1.165, 1.54) is 11.3 Å². The van der Waals surface area contributed by atoms with Crippen molar-refractivity contribution in [3.63, 3.8) is 0 Å². The summed E-state index contributed by atoms with van der Waals surface area (Å²) in [6.07, 6.45) is -0.459. The van der Waals surface area contributed by atoms with Crippen molar-refractivity contribution in [1.29, 1.82) is 0 Å². The maximum atomic E-state index is 9.94. The van der Waals surface area contributed by atoms with Crippen LogP contribution in [0.5, 0.6) is 5.75 Å². The van der Waals surface area contributed by atoms with E-state index in [1.54, 1.807) is 0 Å². The zero-order valence-corrected chi connectivity index (χ0v) is 9.85. The molecule has 2 atom stereocenters. The summed E-state index contributed by atoms with van der Waals surface area (Å²) in [4.78, 5) is 0.868. The Balaban J connectivity index is 2.44. The molecule has 0 fully saturated rings. The number of hydrogen-bond donors (Lipinski definition) is 1. The summed E-state index contributed by atoms with van der Waals surface area (Å²) in [6, 6.07) is 1.91. The molecule has 72 valence electrons. The van der Waals surface area contributed by atoms with E-state index in [4.69, 9.17) is 4.74 Å². The van der Waals surface area contributed by atoms with Gasteiger partial charge in [0.15, 0.2) is 0 Å². The molecule has 0 aliphatic carbocycles. The highest BCUT2D eigenvalue weighted by atomic mass is 79.9. The van der Waals surface area contributed by atoms with Gasteiger partial charge in [-0.25, -0.2) is 0 Å². The van der Waals surface area contributed by atoms with Crippen molar-refractivity contribution in [1.82, 2.24) is 0 Å². The number of ether oxygens (including phenoxy) is 1. The zero-order valence-electron chi connectivity index (χ0n) is 7.45. The van der Waals surface area contributed by atoms with Gasteiger partial charge in [-0.3, -0.25) is 0 Å². The van der Waals surface area contributed by atoms with Crippen molar-refractivity contribution < 1.29 is 9.84 Å². The molecule has 0 saturated carbocycles. The number of rotatable bonds is 0. The third-order valence-electron chi connectivity index (χ3n) is 2.24. The summed E-state index contributed by atoms with van der Waals surface area (Å²) in [5.41, 5.74) is -0.354. The van der Waals surface area contributed by atoms with Crippen LogP contribution in [-0.4, -0.2) is 15.5 Å². The second kappa shape index (κ2) is 2.97. The highest BCUT2D eigenvalue weighted by Crippen LogP contribution is 2.45. The summed E-state index contributed by atoms with van der Waals surface area (Å²) in [5.74, 6) is 0.818. The Hall–Kier alpha value is -0.0600. The van der Waals surface area contributed by atoms with E-state index in [-0.39, 0.29) is 10.4 Å². The van der Waals surface area contributed by atoms with Crippen LogP contribution in [0.3, 0.4) is 0 Å². The lowest BCUT2D eigenvalue weighted by Gasteiger charge is -2.38. The number of halogens is 1. The molecule has 0 aromatic carbocycles. The molecule has 2 nitrogen and oxygen atoms in total. The van der Waals surface area contributed by atoms with Crippen LogP contribution < -0.4 is 4.74 Å². The lowest BCUT2D eigenvalue weighted by Crippen LogP contribution is -2.44. The fourth-order valence-electron chi connectivity index (χ4n) is 1.46. The lowest BCUT2D eigenvalue weighted by atomic mass is 9.96. The summed E-state index contributed by atoms with van der Waals surface area (Å²) in [5, 5.41) is 11.9. The second-order valence-corrected chi connectivity index (χ2v) is 5.64. The van der Waals surface area contributed by atoms with Crippen molar-refractivity contribution in [2.75, 3.05) is 0 Å². The molecule has 0 unspecified atom stereocenters. The van der Waals surface area contributed by atoms with Gasteiger partial charge in [0.1, 0.15) is 17.5 Å². The SMILES string of the molecule is CC1(C)Oc2ccsc2[C@H](O)[C@H]1Br. The fraction of sp³-hybridized carbons (Fsp3) is 0.556. The van der Waals surface area contributed by atoms with Gasteiger partial charge >= 0.3 is 0 Å². The third-order valence-corrected chi connectivity index (χ3v) is 4.81. The normalized spacial score (nSPS) is 30.8. The molecular formula is C9H11BrO2S. The molecule has 0 radical (unpaired) electrons. The van der Waals surface area contributed by atoms with Gasteiger partial charge in [-0.2, -0.15) is 0 Å². The fourth-order valence-corrected chi connectivity index (χ4v) is 2.83. The molecule has 1 aromatic heterocycles. The quantitative estimate of drug-likeness (QED) is 0.729. The van der Waals surface area contributed by atoms with Crippen LogP contribution in [0.25, 0.3) is 0 Å². The van der Waals surface area contributed by atoms with Crippen molar-refractivity contribution >= 4 is 27.3 Å². The highest BCUT2D eigenvalue weighted by molar-refractivity contribution is 9.09. The van der Waals surface area contributed by atoms with Gasteiger partial charge in [-0.15, -0.1) is 11.3 Å². The molecule has 2 heterocycles. The number of aliphatic hydroxyl groups excluding tert-OH is 1. The first-order valence-corrected chi connectivity index (χ1v) is 5.90. The number of aliphatic hydroxyl groups is 1. The average Bonchev–Trinajstić information content (AvgIpc) is 2.47. The molecule has 0 bridgehead atoms. The van der Waals surface area contributed by atoms with Crippen LogP contribution in [0.1, 0.15) is 24.8 Å². The molecular weight excluding hydrogens is 252 g/mol. The van der Waals surface area contributed by atoms with Crippen molar-refractivity contribution in [3.8, 4) is 5.75 Å². The minimum absolute atomic E-state index is 0.0499. The van der Waals surface area contributed by atoms with Crippen LogP contribution in [0.2, 0.25) is 0 Å². The first-order valence-electron chi connectivity index (χ1n) is 4.11. The average molecular weight is 263 g/mol.